The lowest BCUT2D eigenvalue weighted by Crippen LogP contribution is -2.33. The largest absolute Gasteiger partial charge is 0.381 e. The smallest absolute Gasteiger partial charge is 0.266 e. The molecule has 0 atom stereocenters. The molecule has 1 aromatic heterocycles. The highest BCUT2D eigenvalue weighted by Crippen LogP contribution is 2.35. The van der Waals surface area contributed by atoms with Crippen molar-refractivity contribution in [2.45, 2.75) is 33.3 Å². The number of nitrogens with one attached hydrogen (secondary N) is 1. The summed E-state index contributed by atoms with van der Waals surface area (Å²) in [7, 11) is 0. The van der Waals surface area contributed by atoms with Crippen LogP contribution < -0.4 is 5.32 Å². The number of hydrogen-bond acceptors (Lipinski definition) is 5. The number of para-hydroxylation sites is 1. The van der Waals surface area contributed by atoms with Gasteiger partial charge in [-0.05, 0) is 73.5 Å². The molecule has 0 fully saturated rings. The zero-order valence-corrected chi connectivity index (χ0v) is 18.7. The molecule has 0 radical (unpaired) electrons. The third-order valence-corrected chi connectivity index (χ3v) is 6.46. The van der Waals surface area contributed by atoms with Gasteiger partial charge in [0, 0.05) is 5.56 Å². The minimum absolute atomic E-state index is 0.207. The Kier molecular flexibility index (Phi) is 5.42. The van der Waals surface area contributed by atoms with E-state index in [1.807, 2.05) is 24.4 Å². The first-order valence-corrected chi connectivity index (χ1v) is 10.7. The molecular weight excluding hydrogens is 434 g/mol. The number of Topliss-reactive ketones (excluding diaryl/α,β-unsaturated/α-hetero) is 1. The van der Waals surface area contributed by atoms with E-state index in [-0.39, 0.29) is 11.5 Å². The van der Waals surface area contributed by atoms with Crippen molar-refractivity contribution in [2.24, 2.45) is 5.16 Å². The van der Waals surface area contributed by atoms with E-state index >= 15 is 0 Å². The van der Waals surface area contributed by atoms with E-state index in [0.717, 1.165) is 28.8 Å². The van der Waals surface area contributed by atoms with Crippen LogP contribution in [0.1, 0.15) is 40.2 Å². The summed E-state index contributed by atoms with van der Waals surface area (Å²) in [4.78, 5) is 30.9. The van der Waals surface area contributed by atoms with Crippen LogP contribution in [0.2, 0.25) is 0 Å². The van der Waals surface area contributed by atoms with Crippen LogP contribution in [0.5, 0.6) is 0 Å². The maximum Gasteiger partial charge on any atom is 0.266 e. The second-order valence-corrected chi connectivity index (χ2v) is 8.93. The normalized spacial score (nSPS) is 14.8. The van der Waals surface area contributed by atoms with Gasteiger partial charge in [0.15, 0.2) is 11.3 Å². The predicted molar refractivity (Wildman–Crippen MR) is 120 cm³/mol. The summed E-state index contributed by atoms with van der Waals surface area (Å²) >= 11 is 1.18. The van der Waals surface area contributed by atoms with E-state index in [9.17, 15) is 18.4 Å². The monoisotopic (exact) mass is 454 g/mol. The summed E-state index contributed by atoms with van der Waals surface area (Å²) in [6.07, 6.45) is 0. The molecular formula is C24H20F2N2O3S. The number of carbonyl (C=O) groups excluding carboxylic acids is 2. The van der Waals surface area contributed by atoms with Crippen LogP contribution in [0.4, 0.5) is 14.5 Å². The highest BCUT2D eigenvalue weighted by molar-refractivity contribution is 7.12. The van der Waals surface area contributed by atoms with Gasteiger partial charge in [-0.3, -0.25) is 9.59 Å². The molecule has 2 aromatic carbocycles. The molecule has 5 nitrogen and oxygen atoms in total. The Balaban J connectivity index is 1.68. The van der Waals surface area contributed by atoms with Gasteiger partial charge in [-0.2, -0.15) is 0 Å². The zero-order chi connectivity index (χ0) is 23.2. The Morgan fingerprint density at radius 2 is 1.78 bits per heavy atom. The van der Waals surface area contributed by atoms with Crippen molar-refractivity contribution < 1.29 is 23.2 Å². The maximum absolute atomic E-state index is 13.9. The van der Waals surface area contributed by atoms with Gasteiger partial charge in [-0.15, -0.1) is 11.3 Å². The number of oxime groups is 1. The maximum atomic E-state index is 13.9. The van der Waals surface area contributed by atoms with Gasteiger partial charge in [0.1, 0.15) is 17.3 Å². The first kappa shape index (κ1) is 21.8. The molecule has 1 amide bonds. The van der Waals surface area contributed by atoms with Crippen molar-refractivity contribution in [3.05, 3.63) is 75.0 Å². The van der Waals surface area contributed by atoms with Gasteiger partial charge >= 0.3 is 0 Å². The summed E-state index contributed by atoms with van der Waals surface area (Å²) in [6, 6.07) is 8.91. The first-order valence-electron chi connectivity index (χ1n) is 9.86. The van der Waals surface area contributed by atoms with Gasteiger partial charge < -0.3 is 10.2 Å². The number of hydrogen-bond donors (Lipinski definition) is 1. The van der Waals surface area contributed by atoms with Gasteiger partial charge in [-0.25, -0.2) is 8.78 Å². The Morgan fingerprint density at radius 3 is 2.41 bits per heavy atom. The fraction of sp³-hybridized carbons (Fsp3) is 0.208. The predicted octanol–water partition coefficient (Wildman–Crippen LogP) is 5.64. The van der Waals surface area contributed by atoms with Crippen molar-refractivity contribution in [3.63, 3.8) is 0 Å². The second kappa shape index (κ2) is 7.94. The van der Waals surface area contributed by atoms with Crippen molar-refractivity contribution in [2.75, 3.05) is 5.32 Å². The van der Waals surface area contributed by atoms with Gasteiger partial charge in [0.2, 0.25) is 5.78 Å². The van der Waals surface area contributed by atoms with Gasteiger partial charge in [0.25, 0.3) is 5.91 Å². The highest BCUT2D eigenvalue weighted by Gasteiger charge is 2.40. The highest BCUT2D eigenvalue weighted by atomic mass is 32.1. The second-order valence-electron chi connectivity index (χ2n) is 8.05. The van der Waals surface area contributed by atoms with Gasteiger partial charge in [0.05, 0.1) is 4.88 Å². The fourth-order valence-electron chi connectivity index (χ4n) is 3.46. The molecule has 32 heavy (non-hydrogen) atoms. The molecule has 0 aliphatic carbocycles. The van der Waals surface area contributed by atoms with Crippen LogP contribution in [0.3, 0.4) is 0 Å². The quantitative estimate of drug-likeness (QED) is 0.554. The molecule has 8 heteroatoms. The number of benzene rings is 2. The molecule has 1 aliphatic heterocycles. The number of halogens is 2. The van der Waals surface area contributed by atoms with Crippen LogP contribution >= 0.6 is 11.3 Å². The van der Waals surface area contributed by atoms with E-state index in [1.54, 1.807) is 26.8 Å². The number of anilines is 1. The summed E-state index contributed by atoms with van der Waals surface area (Å²) in [6.45, 7) is 7.01. The van der Waals surface area contributed by atoms with Crippen LogP contribution in [-0.2, 0) is 9.63 Å². The molecule has 2 heterocycles. The number of nitrogens with zero attached hydrogens (tertiary/aromatic N) is 1. The average molecular weight is 454 g/mol. The lowest BCUT2D eigenvalue weighted by Gasteiger charge is -2.12. The van der Waals surface area contributed by atoms with Crippen molar-refractivity contribution in [3.8, 4) is 11.1 Å². The number of amides is 1. The topological polar surface area (TPSA) is 67.8 Å². The summed E-state index contributed by atoms with van der Waals surface area (Å²) in [5.74, 6) is -2.49. The standard InChI is InChI=1S/C24H20F2N2O3S/c1-12-8-9-14(19-22(29)24(3,4)31-28-19)10-15(12)16-11-32-21(13(16)2)23(30)27-20-17(25)6-5-7-18(20)26/h5-11H,1-4H3,(H,27,30). The minimum Gasteiger partial charge on any atom is -0.381 e. The van der Waals surface area contributed by atoms with E-state index in [1.165, 1.54) is 17.4 Å². The number of ketones is 1. The molecule has 1 N–H and O–H groups in total. The number of aryl methyl sites for hydroxylation is 1. The number of carbonyl (C=O) groups is 2. The van der Waals surface area contributed by atoms with Crippen molar-refractivity contribution >= 4 is 34.4 Å². The molecule has 0 unspecified atom stereocenters. The minimum atomic E-state index is -1.01. The molecule has 0 saturated carbocycles. The first-order chi connectivity index (χ1) is 15.1. The Morgan fingerprint density at radius 1 is 1.09 bits per heavy atom. The SMILES string of the molecule is Cc1ccc(C2=NOC(C)(C)C2=O)cc1-c1csc(C(=O)Nc2c(F)cccc2F)c1C. The molecule has 164 valence electrons. The summed E-state index contributed by atoms with van der Waals surface area (Å²) < 4.78 is 27.9. The molecule has 0 bridgehead atoms. The molecule has 1 aliphatic rings. The lowest BCUT2D eigenvalue weighted by molar-refractivity contribution is -0.128. The Hall–Kier alpha value is -3.39. The average Bonchev–Trinajstić information content (AvgIpc) is 3.25. The van der Waals surface area contributed by atoms with E-state index in [2.05, 4.69) is 10.5 Å². The lowest BCUT2D eigenvalue weighted by atomic mass is 9.91. The van der Waals surface area contributed by atoms with Crippen LogP contribution in [0.15, 0.2) is 46.9 Å². The molecule has 3 aromatic rings. The fourth-order valence-corrected chi connectivity index (χ4v) is 4.45. The van der Waals surface area contributed by atoms with Crippen molar-refractivity contribution in [1.29, 1.82) is 0 Å². The van der Waals surface area contributed by atoms with Crippen LogP contribution in [0.25, 0.3) is 11.1 Å². The number of thiophene rings is 1. The summed E-state index contributed by atoms with van der Waals surface area (Å²) in [5.41, 5.74) is 2.60. The van der Waals surface area contributed by atoms with Gasteiger partial charge in [-0.1, -0.05) is 23.4 Å². The van der Waals surface area contributed by atoms with E-state index < -0.39 is 28.8 Å². The van der Waals surface area contributed by atoms with Crippen LogP contribution in [0, 0.1) is 25.5 Å². The molecule has 4 rings (SSSR count). The van der Waals surface area contributed by atoms with Crippen molar-refractivity contribution in [1.82, 2.24) is 0 Å². The number of rotatable bonds is 4. The molecule has 0 saturated heterocycles. The third-order valence-electron chi connectivity index (χ3n) is 5.37. The van der Waals surface area contributed by atoms with E-state index in [0.29, 0.717) is 16.0 Å². The Bertz CT molecular complexity index is 1270. The summed E-state index contributed by atoms with van der Waals surface area (Å²) in [5, 5.41) is 8.10. The third kappa shape index (κ3) is 3.71. The van der Waals surface area contributed by atoms with Crippen LogP contribution in [-0.4, -0.2) is 23.0 Å². The zero-order valence-electron chi connectivity index (χ0n) is 17.9. The Labute approximate surface area is 187 Å². The molecule has 0 spiro atoms. The van der Waals surface area contributed by atoms with E-state index in [4.69, 9.17) is 4.84 Å².